The third-order valence-electron chi connectivity index (χ3n) is 2.99. The molecule has 0 bridgehead atoms. The van der Waals surface area contributed by atoms with Crippen molar-refractivity contribution in [2.75, 3.05) is 13.1 Å². The zero-order valence-corrected chi connectivity index (χ0v) is 9.33. The van der Waals surface area contributed by atoms with Gasteiger partial charge in [-0.2, -0.15) is 13.2 Å². The molecule has 1 saturated heterocycles. The number of halogens is 3. The van der Waals surface area contributed by atoms with Crippen LogP contribution in [0.2, 0.25) is 0 Å². The van der Waals surface area contributed by atoms with E-state index in [1.54, 1.807) is 0 Å². The first kappa shape index (κ1) is 14.0. The summed E-state index contributed by atoms with van der Waals surface area (Å²) in [7, 11) is 0. The molecular formula is C10H14F3NO3. The number of aldehydes is 1. The van der Waals surface area contributed by atoms with Crippen molar-refractivity contribution in [2.24, 2.45) is 5.92 Å². The fourth-order valence-corrected chi connectivity index (χ4v) is 1.67. The van der Waals surface area contributed by atoms with Gasteiger partial charge in [-0.15, -0.1) is 0 Å². The minimum atomic E-state index is -4.99. The third kappa shape index (κ3) is 2.77. The van der Waals surface area contributed by atoms with E-state index in [0.29, 0.717) is 19.8 Å². The number of aliphatic hydroxyl groups is 1. The quantitative estimate of drug-likeness (QED) is 0.738. The topological polar surface area (TPSA) is 57.6 Å². The first-order chi connectivity index (χ1) is 7.70. The van der Waals surface area contributed by atoms with Crippen molar-refractivity contribution >= 4 is 12.2 Å². The Balaban J connectivity index is 2.69. The molecule has 1 aliphatic heterocycles. The van der Waals surface area contributed by atoms with Crippen LogP contribution in [-0.2, 0) is 9.59 Å². The summed E-state index contributed by atoms with van der Waals surface area (Å²) in [6, 6.07) is 0. The number of hydrogen-bond donors (Lipinski definition) is 1. The number of piperidine rings is 1. The number of likely N-dealkylation sites (tertiary alicyclic amines) is 1. The first-order valence-electron chi connectivity index (χ1n) is 5.24. The molecule has 0 aromatic carbocycles. The number of amides is 1. The average molecular weight is 253 g/mol. The number of carbonyl (C=O) groups is 2. The minimum Gasteiger partial charge on any atom is -0.373 e. The van der Waals surface area contributed by atoms with Gasteiger partial charge in [0.1, 0.15) is 6.29 Å². The summed E-state index contributed by atoms with van der Waals surface area (Å²) in [6.07, 6.45) is -3.58. The van der Waals surface area contributed by atoms with Crippen molar-refractivity contribution in [3.8, 4) is 0 Å². The van der Waals surface area contributed by atoms with Crippen molar-refractivity contribution in [1.82, 2.24) is 4.90 Å². The van der Waals surface area contributed by atoms with E-state index in [0.717, 1.165) is 11.2 Å². The largest absolute Gasteiger partial charge is 0.426 e. The molecule has 1 fully saturated rings. The van der Waals surface area contributed by atoms with E-state index in [9.17, 15) is 27.9 Å². The lowest BCUT2D eigenvalue weighted by molar-refractivity contribution is -0.250. The zero-order valence-electron chi connectivity index (χ0n) is 9.33. The summed E-state index contributed by atoms with van der Waals surface area (Å²) in [4.78, 5) is 22.9. The summed E-state index contributed by atoms with van der Waals surface area (Å²) < 4.78 is 37.3. The van der Waals surface area contributed by atoms with Gasteiger partial charge in [0.05, 0.1) is 0 Å². The highest BCUT2D eigenvalue weighted by Gasteiger charge is 2.57. The van der Waals surface area contributed by atoms with Gasteiger partial charge < -0.3 is 14.8 Å². The van der Waals surface area contributed by atoms with Crippen LogP contribution < -0.4 is 0 Å². The second-order valence-electron chi connectivity index (χ2n) is 4.34. The fourth-order valence-electron chi connectivity index (χ4n) is 1.67. The molecule has 1 atom stereocenters. The summed E-state index contributed by atoms with van der Waals surface area (Å²) in [5.74, 6) is -1.57. The van der Waals surface area contributed by atoms with Gasteiger partial charge in [0.2, 0.25) is 5.60 Å². The Hall–Kier alpha value is -1.11. The molecule has 1 aliphatic rings. The van der Waals surface area contributed by atoms with Gasteiger partial charge in [-0.3, -0.25) is 4.79 Å². The molecule has 0 aromatic heterocycles. The highest BCUT2D eigenvalue weighted by Crippen LogP contribution is 2.32. The zero-order chi connectivity index (χ0) is 13.3. The van der Waals surface area contributed by atoms with E-state index in [4.69, 9.17) is 0 Å². The van der Waals surface area contributed by atoms with Crippen LogP contribution in [0.4, 0.5) is 13.2 Å². The second-order valence-corrected chi connectivity index (χ2v) is 4.34. The first-order valence-corrected chi connectivity index (χ1v) is 5.24. The van der Waals surface area contributed by atoms with E-state index >= 15 is 0 Å². The Morgan fingerprint density at radius 1 is 1.35 bits per heavy atom. The number of hydrogen-bond acceptors (Lipinski definition) is 3. The predicted molar refractivity (Wildman–Crippen MR) is 52.0 cm³/mol. The summed E-state index contributed by atoms with van der Waals surface area (Å²) in [5.41, 5.74) is -3.36. The molecule has 98 valence electrons. The lowest BCUT2D eigenvalue weighted by Crippen LogP contribution is -2.57. The van der Waals surface area contributed by atoms with E-state index in [1.165, 1.54) is 0 Å². The van der Waals surface area contributed by atoms with Crippen molar-refractivity contribution in [3.63, 3.8) is 0 Å². The van der Waals surface area contributed by atoms with Crippen LogP contribution in [-0.4, -0.2) is 47.1 Å². The van der Waals surface area contributed by atoms with Crippen LogP contribution in [0.3, 0.4) is 0 Å². The fraction of sp³-hybridized carbons (Fsp3) is 0.800. The summed E-state index contributed by atoms with van der Waals surface area (Å²) in [6.45, 7) is 0.573. The van der Waals surface area contributed by atoms with Gasteiger partial charge in [0, 0.05) is 19.0 Å². The van der Waals surface area contributed by atoms with Crippen LogP contribution in [0, 0.1) is 5.92 Å². The van der Waals surface area contributed by atoms with Crippen molar-refractivity contribution < 1.29 is 27.9 Å². The molecule has 0 spiro atoms. The minimum absolute atomic E-state index is 0.0640. The maximum Gasteiger partial charge on any atom is 0.426 e. The number of carbonyl (C=O) groups excluding carboxylic acids is 2. The smallest absolute Gasteiger partial charge is 0.373 e. The molecule has 0 saturated carbocycles. The summed E-state index contributed by atoms with van der Waals surface area (Å²) >= 11 is 0. The van der Waals surface area contributed by atoms with Crippen LogP contribution in [0.1, 0.15) is 19.8 Å². The van der Waals surface area contributed by atoms with Crippen LogP contribution >= 0.6 is 0 Å². The molecule has 1 heterocycles. The molecule has 0 aliphatic carbocycles. The molecule has 17 heavy (non-hydrogen) atoms. The maximum absolute atomic E-state index is 12.4. The van der Waals surface area contributed by atoms with E-state index in [1.807, 2.05) is 0 Å². The Labute approximate surface area is 96.4 Å². The lowest BCUT2D eigenvalue weighted by atomic mass is 9.96. The standard InChI is InChI=1S/C10H14F3NO3/c1-9(17,10(11,12)13)8(16)14-4-2-7(6-15)3-5-14/h6-7,17H,2-5H2,1H3/t9-/m1/s1. The summed E-state index contributed by atoms with van der Waals surface area (Å²) in [5, 5.41) is 9.21. The van der Waals surface area contributed by atoms with Gasteiger partial charge in [-0.1, -0.05) is 0 Å². The van der Waals surface area contributed by atoms with Gasteiger partial charge >= 0.3 is 6.18 Å². The van der Waals surface area contributed by atoms with Crippen molar-refractivity contribution in [3.05, 3.63) is 0 Å². The maximum atomic E-state index is 12.4. The normalized spacial score (nSPS) is 22.1. The molecule has 1 rings (SSSR count). The highest BCUT2D eigenvalue weighted by molar-refractivity contribution is 5.85. The molecular weight excluding hydrogens is 239 g/mol. The van der Waals surface area contributed by atoms with Crippen LogP contribution in [0.5, 0.6) is 0 Å². The molecule has 4 nitrogen and oxygen atoms in total. The average Bonchev–Trinajstić information content (AvgIpc) is 2.26. The SMILES string of the molecule is C[C@@](O)(C(=O)N1CCC(C=O)CC1)C(F)(F)F. The van der Waals surface area contributed by atoms with Crippen LogP contribution in [0.25, 0.3) is 0 Å². The van der Waals surface area contributed by atoms with E-state index < -0.39 is 17.7 Å². The predicted octanol–water partition coefficient (Wildman–Crippen LogP) is 0.737. The lowest BCUT2D eigenvalue weighted by Gasteiger charge is -2.35. The number of alkyl halides is 3. The van der Waals surface area contributed by atoms with Crippen molar-refractivity contribution in [1.29, 1.82) is 0 Å². The van der Waals surface area contributed by atoms with Crippen LogP contribution in [0.15, 0.2) is 0 Å². The molecule has 1 N–H and O–H groups in total. The van der Waals surface area contributed by atoms with Gasteiger partial charge in [0.25, 0.3) is 5.91 Å². The van der Waals surface area contributed by atoms with Gasteiger partial charge in [-0.25, -0.2) is 0 Å². The Kier molecular flexibility index (Phi) is 3.81. The third-order valence-corrected chi connectivity index (χ3v) is 2.99. The second kappa shape index (κ2) is 4.64. The highest BCUT2D eigenvalue weighted by atomic mass is 19.4. The molecule has 0 aromatic rings. The monoisotopic (exact) mass is 253 g/mol. The van der Waals surface area contributed by atoms with Gasteiger partial charge in [0.15, 0.2) is 0 Å². The van der Waals surface area contributed by atoms with E-state index in [-0.39, 0.29) is 19.0 Å². The Morgan fingerprint density at radius 3 is 2.18 bits per heavy atom. The molecule has 0 unspecified atom stereocenters. The Bertz CT molecular complexity index is 306. The Morgan fingerprint density at radius 2 is 1.82 bits per heavy atom. The van der Waals surface area contributed by atoms with E-state index in [2.05, 4.69) is 0 Å². The molecule has 1 amide bonds. The van der Waals surface area contributed by atoms with Crippen molar-refractivity contribution in [2.45, 2.75) is 31.5 Å². The molecule has 0 radical (unpaired) electrons. The van der Waals surface area contributed by atoms with Gasteiger partial charge in [-0.05, 0) is 19.8 Å². The molecule has 7 heteroatoms. The number of rotatable bonds is 2. The number of nitrogens with zero attached hydrogens (tertiary/aromatic N) is 1.